The lowest BCUT2D eigenvalue weighted by Gasteiger charge is -2.08. The first-order valence-electron chi connectivity index (χ1n) is 6.23. The molecule has 0 saturated heterocycles. The lowest BCUT2D eigenvalue weighted by atomic mass is 10.2. The van der Waals surface area contributed by atoms with Gasteiger partial charge in [0.2, 0.25) is 0 Å². The molecule has 0 unspecified atom stereocenters. The van der Waals surface area contributed by atoms with Crippen LogP contribution < -0.4 is 16.0 Å². The van der Waals surface area contributed by atoms with E-state index in [1.165, 1.54) is 0 Å². The second-order valence-electron chi connectivity index (χ2n) is 4.44. The van der Waals surface area contributed by atoms with Crippen molar-refractivity contribution in [2.75, 3.05) is 13.1 Å². The Morgan fingerprint density at radius 2 is 1.74 bits per heavy atom. The SMILES string of the molecule is O=C(NCCNC(=O)c1ccc(Br)cc1)NC1CC1. The minimum absolute atomic E-state index is 0.142. The second-order valence-corrected chi connectivity index (χ2v) is 5.35. The molecule has 0 bridgehead atoms. The molecule has 1 aliphatic carbocycles. The van der Waals surface area contributed by atoms with Crippen LogP contribution in [-0.2, 0) is 0 Å². The summed E-state index contributed by atoms with van der Waals surface area (Å²) in [7, 11) is 0. The van der Waals surface area contributed by atoms with Gasteiger partial charge in [-0.25, -0.2) is 4.79 Å². The van der Waals surface area contributed by atoms with Gasteiger partial charge < -0.3 is 16.0 Å². The maximum absolute atomic E-state index is 11.7. The summed E-state index contributed by atoms with van der Waals surface area (Å²) in [5, 5.41) is 8.26. The number of amides is 3. The van der Waals surface area contributed by atoms with Gasteiger partial charge in [0.05, 0.1) is 0 Å². The molecule has 6 heteroatoms. The summed E-state index contributed by atoms with van der Waals surface area (Å²) in [5.74, 6) is -0.142. The first-order valence-corrected chi connectivity index (χ1v) is 7.02. The minimum atomic E-state index is -0.166. The van der Waals surface area contributed by atoms with Crippen molar-refractivity contribution in [3.8, 4) is 0 Å². The van der Waals surface area contributed by atoms with Crippen molar-refractivity contribution in [3.05, 3.63) is 34.3 Å². The fourth-order valence-corrected chi connectivity index (χ4v) is 1.78. The molecule has 1 aromatic carbocycles. The maximum atomic E-state index is 11.7. The van der Waals surface area contributed by atoms with Crippen molar-refractivity contribution in [2.45, 2.75) is 18.9 Å². The Kier molecular flexibility index (Phi) is 4.79. The van der Waals surface area contributed by atoms with E-state index in [-0.39, 0.29) is 11.9 Å². The van der Waals surface area contributed by atoms with Gasteiger partial charge >= 0.3 is 6.03 Å². The molecule has 0 radical (unpaired) electrons. The quantitative estimate of drug-likeness (QED) is 0.720. The van der Waals surface area contributed by atoms with Gasteiger partial charge in [-0.1, -0.05) is 15.9 Å². The van der Waals surface area contributed by atoms with Crippen LogP contribution in [-0.4, -0.2) is 31.1 Å². The van der Waals surface area contributed by atoms with Gasteiger partial charge in [-0.2, -0.15) is 0 Å². The van der Waals surface area contributed by atoms with E-state index in [2.05, 4.69) is 31.9 Å². The van der Waals surface area contributed by atoms with Crippen molar-refractivity contribution >= 4 is 27.9 Å². The first kappa shape index (κ1) is 13.9. The number of hydrogen-bond acceptors (Lipinski definition) is 2. The van der Waals surface area contributed by atoms with E-state index in [0.717, 1.165) is 17.3 Å². The Hall–Kier alpha value is -1.56. The van der Waals surface area contributed by atoms with Crippen LogP contribution in [0, 0.1) is 0 Å². The molecule has 1 fully saturated rings. The number of carbonyl (C=O) groups is 2. The summed E-state index contributed by atoms with van der Waals surface area (Å²) in [6, 6.07) is 7.30. The molecule has 3 amide bonds. The van der Waals surface area contributed by atoms with Crippen LogP contribution in [0.5, 0.6) is 0 Å². The number of urea groups is 1. The van der Waals surface area contributed by atoms with Gasteiger partial charge in [-0.15, -0.1) is 0 Å². The van der Waals surface area contributed by atoms with Gasteiger partial charge in [0, 0.05) is 29.2 Å². The predicted octanol–water partition coefficient (Wildman–Crippen LogP) is 1.64. The Labute approximate surface area is 120 Å². The maximum Gasteiger partial charge on any atom is 0.315 e. The van der Waals surface area contributed by atoms with E-state index in [1.54, 1.807) is 12.1 Å². The van der Waals surface area contributed by atoms with Crippen molar-refractivity contribution < 1.29 is 9.59 Å². The molecule has 0 aromatic heterocycles. The molecule has 0 spiro atoms. The number of nitrogens with one attached hydrogen (secondary N) is 3. The zero-order valence-corrected chi connectivity index (χ0v) is 12.0. The van der Waals surface area contributed by atoms with Crippen molar-refractivity contribution in [1.29, 1.82) is 0 Å². The molecule has 0 heterocycles. The van der Waals surface area contributed by atoms with E-state index in [1.807, 2.05) is 12.1 Å². The third-order valence-electron chi connectivity index (χ3n) is 2.72. The first-order chi connectivity index (χ1) is 9.15. The zero-order chi connectivity index (χ0) is 13.7. The highest BCUT2D eigenvalue weighted by Crippen LogP contribution is 2.18. The van der Waals surface area contributed by atoms with E-state index in [9.17, 15) is 9.59 Å². The Balaban J connectivity index is 1.63. The van der Waals surface area contributed by atoms with Gasteiger partial charge in [0.15, 0.2) is 0 Å². The topological polar surface area (TPSA) is 70.2 Å². The van der Waals surface area contributed by atoms with Crippen molar-refractivity contribution in [3.63, 3.8) is 0 Å². The van der Waals surface area contributed by atoms with Gasteiger partial charge in [-0.05, 0) is 37.1 Å². The molecule has 2 rings (SSSR count). The van der Waals surface area contributed by atoms with Crippen LogP contribution in [0.4, 0.5) is 4.79 Å². The van der Waals surface area contributed by atoms with Crippen LogP contribution in [0.25, 0.3) is 0 Å². The van der Waals surface area contributed by atoms with Crippen molar-refractivity contribution in [1.82, 2.24) is 16.0 Å². The molecule has 5 nitrogen and oxygen atoms in total. The molecule has 102 valence electrons. The van der Waals surface area contributed by atoms with Gasteiger partial charge in [0.1, 0.15) is 0 Å². The number of carbonyl (C=O) groups excluding carboxylic acids is 2. The highest BCUT2D eigenvalue weighted by atomic mass is 79.9. The van der Waals surface area contributed by atoms with Crippen molar-refractivity contribution in [2.24, 2.45) is 0 Å². The van der Waals surface area contributed by atoms with E-state index in [4.69, 9.17) is 0 Å². The fourth-order valence-electron chi connectivity index (χ4n) is 1.52. The van der Waals surface area contributed by atoms with Crippen LogP contribution >= 0.6 is 15.9 Å². The summed E-state index contributed by atoms with van der Waals surface area (Å²) in [5.41, 5.74) is 0.602. The summed E-state index contributed by atoms with van der Waals surface area (Å²) < 4.78 is 0.933. The number of hydrogen-bond donors (Lipinski definition) is 3. The van der Waals surface area contributed by atoms with Crippen LogP contribution in [0.2, 0.25) is 0 Å². The Morgan fingerprint density at radius 1 is 1.11 bits per heavy atom. The standard InChI is InChI=1S/C13H16BrN3O2/c14-10-3-1-9(2-4-10)12(18)15-7-8-16-13(19)17-11-5-6-11/h1-4,11H,5-8H2,(H,15,18)(H2,16,17,19). The largest absolute Gasteiger partial charge is 0.350 e. The lowest BCUT2D eigenvalue weighted by molar-refractivity contribution is 0.0954. The summed E-state index contributed by atoms with van der Waals surface area (Å²) in [4.78, 5) is 23.0. The molecule has 19 heavy (non-hydrogen) atoms. The third-order valence-corrected chi connectivity index (χ3v) is 3.24. The Bertz CT molecular complexity index is 457. The number of halogens is 1. The molecule has 0 aliphatic heterocycles. The average Bonchev–Trinajstić information content (AvgIpc) is 3.19. The minimum Gasteiger partial charge on any atom is -0.350 e. The molecular formula is C13H16BrN3O2. The Morgan fingerprint density at radius 3 is 2.37 bits per heavy atom. The van der Waals surface area contributed by atoms with Crippen LogP contribution in [0.3, 0.4) is 0 Å². The smallest absolute Gasteiger partial charge is 0.315 e. The summed E-state index contributed by atoms with van der Waals surface area (Å²) in [6.07, 6.45) is 2.13. The highest BCUT2D eigenvalue weighted by molar-refractivity contribution is 9.10. The highest BCUT2D eigenvalue weighted by Gasteiger charge is 2.22. The van der Waals surface area contributed by atoms with Crippen LogP contribution in [0.1, 0.15) is 23.2 Å². The number of rotatable bonds is 5. The molecule has 1 aliphatic rings. The van der Waals surface area contributed by atoms with E-state index >= 15 is 0 Å². The van der Waals surface area contributed by atoms with Gasteiger partial charge in [0.25, 0.3) is 5.91 Å². The third kappa shape index (κ3) is 4.90. The van der Waals surface area contributed by atoms with Crippen LogP contribution in [0.15, 0.2) is 28.7 Å². The summed E-state index contributed by atoms with van der Waals surface area (Å²) in [6.45, 7) is 0.827. The average molecular weight is 326 g/mol. The zero-order valence-electron chi connectivity index (χ0n) is 10.4. The second kappa shape index (κ2) is 6.56. The number of benzene rings is 1. The molecular weight excluding hydrogens is 310 g/mol. The molecule has 1 saturated carbocycles. The van der Waals surface area contributed by atoms with E-state index < -0.39 is 0 Å². The molecule has 1 aromatic rings. The summed E-state index contributed by atoms with van der Waals surface area (Å²) >= 11 is 3.31. The fraction of sp³-hybridized carbons (Fsp3) is 0.385. The molecule has 3 N–H and O–H groups in total. The monoisotopic (exact) mass is 325 g/mol. The van der Waals surface area contributed by atoms with Gasteiger partial charge in [-0.3, -0.25) is 4.79 Å². The predicted molar refractivity (Wildman–Crippen MR) is 76.0 cm³/mol. The molecule has 0 atom stereocenters. The van der Waals surface area contributed by atoms with E-state index in [0.29, 0.717) is 24.7 Å². The lowest BCUT2D eigenvalue weighted by Crippen LogP contribution is -2.41. The normalized spacial score (nSPS) is 13.7.